The molecule has 0 spiro atoms. The van der Waals surface area contributed by atoms with Crippen molar-refractivity contribution in [2.45, 2.75) is 13.0 Å². The lowest BCUT2D eigenvalue weighted by molar-refractivity contribution is -0.00975. The molecule has 1 amide bonds. The molecule has 1 N–H and O–H groups in total. The van der Waals surface area contributed by atoms with Crippen molar-refractivity contribution in [2.75, 3.05) is 25.0 Å². The molecule has 1 atom stereocenters. The minimum atomic E-state index is -0.134. The number of carbonyl (C=O) groups excluding carboxylic acids is 1. The number of hydrogen-bond donors (Lipinski definition) is 1. The van der Waals surface area contributed by atoms with E-state index in [-0.39, 0.29) is 17.8 Å². The zero-order valence-corrected chi connectivity index (χ0v) is 11.8. The van der Waals surface area contributed by atoms with Gasteiger partial charge in [0, 0.05) is 18.4 Å². The van der Waals surface area contributed by atoms with E-state index < -0.39 is 0 Å². The molecule has 2 rings (SSSR count). The lowest BCUT2D eigenvalue weighted by Crippen LogP contribution is -2.46. The summed E-state index contributed by atoms with van der Waals surface area (Å²) in [5.74, 6) is -0.0991. The normalized spacial score (nSPS) is 19.9. The molecule has 1 aromatic rings. The third-order valence-electron chi connectivity index (χ3n) is 2.98. The Kier molecular flexibility index (Phi) is 4.24. The van der Waals surface area contributed by atoms with Crippen LogP contribution in [0.3, 0.4) is 0 Å². The molecule has 0 radical (unpaired) electrons. The fourth-order valence-electron chi connectivity index (χ4n) is 1.99. The lowest BCUT2D eigenvalue weighted by atomic mass is 10.1. The zero-order chi connectivity index (χ0) is 13.1. The predicted octanol–water partition coefficient (Wildman–Crippen LogP) is 1.94. The first-order valence-electron chi connectivity index (χ1n) is 5.88. The summed E-state index contributed by atoms with van der Waals surface area (Å²) in [6, 6.07) is 5.06. The van der Waals surface area contributed by atoms with E-state index in [2.05, 4.69) is 15.9 Å². The van der Waals surface area contributed by atoms with Gasteiger partial charge in [-0.1, -0.05) is 27.6 Å². The van der Waals surface area contributed by atoms with Crippen LogP contribution in [0.5, 0.6) is 5.75 Å². The molecular weight excluding hydrogens is 298 g/mol. The van der Waals surface area contributed by atoms with Crippen LogP contribution in [0, 0.1) is 6.92 Å². The van der Waals surface area contributed by atoms with Crippen molar-refractivity contribution in [3.63, 3.8) is 0 Å². The molecule has 1 aromatic carbocycles. The Morgan fingerprint density at radius 3 is 3.11 bits per heavy atom. The van der Waals surface area contributed by atoms with Crippen LogP contribution in [0.15, 0.2) is 18.2 Å². The van der Waals surface area contributed by atoms with Crippen molar-refractivity contribution in [1.82, 2.24) is 4.90 Å². The van der Waals surface area contributed by atoms with E-state index in [0.717, 1.165) is 5.56 Å². The monoisotopic (exact) mass is 313 g/mol. The van der Waals surface area contributed by atoms with Gasteiger partial charge < -0.3 is 14.7 Å². The van der Waals surface area contributed by atoms with Gasteiger partial charge in [-0.25, -0.2) is 0 Å². The summed E-state index contributed by atoms with van der Waals surface area (Å²) in [6.07, 6.45) is 0.0228. The Morgan fingerprint density at radius 2 is 2.39 bits per heavy atom. The molecule has 1 heterocycles. The van der Waals surface area contributed by atoms with E-state index >= 15 is 0 Å². The molecule has 0 bridgehead atoms. The van der Waals surface area contributed by atoms with Crippen molar-refractivity contribution < 1.29 is 14.6 Å². The number of aryl methyl sites for hydroxylation is 1. The summed E-state index contributed by atoms with van der Waals surface area (Å²) < 4.78 is 5.49. The van der Waals surface area contributed by atoms with Crippen molar-refractivity contribution >= 4 is 21.8 Å². The number of phenols is 1. The third kappa shape index (κ3) is 2.84. The summed E-state index contributed by atoms with van der Waals surface area (Å²) in [5.41, 5.74) is 1.33. The van der Waals surface area contributed by atoms with E-state index in [9.17, 15) is 9.90 Å². The van der Waals surface area contributed by atoms with Crippen molar-refractivity contribution in [3.05, 3.63) is 29.3 Å². The van der Waals surface area contributed by atoms with Crippen LogP contribution in [0.2, 0.25) is 0 Å². The number of rotatable bonds is 2. The number of phenolic OH excluding ortho intramolecular Hbond substituents is 1. The molecule has 0 saturated carbocycles. The number of hydrogen-bond acceptors (Lipinski definition) is 3. The van der Waals surface area contributed by atoms with E-state index in [0.29, 0.717) is 30.6 Å². The number of amides is 1. The number of halogens is 1. The first kappa shape index (κ1) is 13.4. The molecule has 1 saturated heterocycles. The maximum absolute atomic E-state index is 12.3. The number of ether oxygens (including phenoxy) is 1. The van der Waals surface area contributed by atoms with Gasteiger partial charge >= 0.3 is 0 Å². The minimum Gasteiger partial charge on any atom is -0.507 e. The van der Waals surface area contributed by atoms with Gasteiger partial charge in [0.25, 0.3) is 5.91 Å². The topological polar surface area (TPSA) is 49.8 Å². The van der Waals surface area contributed by atoms with Gasteiger partial charge in [0.2, 0.25) is 0 Å². The number of morpholine rings is 1. The van der Waals surface area contributed by atoms with Crippen molar-refractivity contribution in [1.29, 1.82) is 0 Å². The second-order valence-corrected chi connectivity index (χ2v) is 5.07. The minimum absolute atomic E-state index is 0.0228. The third-order valence-corrected chi connectivity index (χ3v) is 3.70. The molecule has 4 nitrogen and oxygen atoms in total. The van der Waals surface area contributed by atoms with Crippen LogP contribution in [-0.4, -0.2) is 47.0 Å². The van der Waals surface area contributed by atoms with Crippen LogP contribution in [-0.2, 0) is 4.74 Å². The number of alkyl halides is 1. The Hall–Kier alpha value is -1.07. The quantitative estimate of drug-likeness (QED) is 0.849. The van der Waals surface area contributed by atoms with Gasteiger partial charge in [0.15, 0.2) is 0 Å². The highest BCUT2D eigenvalue weighted by Gasteiger charge is 2.25. The highest BCUT2D eigenvalue weighted by atomic mass is 79.9. The number of nitrogens with zero attached hydrogens (tertiary/aromatic N) is 1. The molecule has 0 aliphatic carbocycles. The van der Waals surface area contributed by atoms with Gasteiger partial charge in [-0.3, -0.25) is 4.79 Å². The standard InChI is InChI=1S/C13H16BrNO3/c1-9-2-3-12(16)11(6-9)13(17)15-4-5-18-10(7-14)8-15/h2-3,6,10,16H,4-5,7-8H2,1H3. The van der Waals surface area contributed by atoms with Crippen LogP contribution in [0.4, 0.5) is 0 Å². The summed E-state index contributed by atoms with van der Waals surface area (Å²) in [5, 5.41) is 10.5. The molecule has 0 aromatic heterocycles. The second-order valence-electron chi connectivity index (χ2n) is 4.42. The molecular formula is C13H16BrNO3. The van der Waals surface area contributed by atoms with Crippen LogP contribution >= 0.6 is 15.9 Å². The van der Waals surface area contributed by atoms with E-state index in [1.165, 1.54) is 0 Å². The number of carbonyl (C=O) groups is 1. The fourth-order valence-corrected chi connectivity index (χ4v) is 2.38. The summed E-state index contributed by atoms with van der Waals surface area (Å²) in [4.78, 5) is 14.1. The Balaban J connectivity index is 2.17. The molecule has 98 valence electrons. The summed E-state index contributed by atoms with van der Waals surface area (Å²) >= 11 is 3.36. The highest BCUT2D eigenvalue weighted by molar-refractivity contribution is 9.09. The van der Waals surface area contributed by atoms with Crippen LogP contribution in [0.25, 0.3) is 0 Å². The van der Waals surface area contributed by atoms with E-state index in [1.54, 1.807) is 23.1 Å². The molecule has 1 aliphatic rings. The van der Waals surface area contributed by atoms with Crippen molar-refractivity contribution in [2.24, 2.45) is 0 Å². The van der Waals surface area contributed by atoms with Crippen molar-refractivity contribution in [3.8, 4) is 5.75 Å². The van der Waals surface area contributed by atoms with E-state index in [4.69, 9.17) is 4.74 Å². The molecule has 18 heavy (non-hydrogen) atoms. The Morgan fingerprint density at radius 1 is 1.61 bits per heavy atom. The van der Waals surface area contributed by atoms with Gasteiger partial charge in [-0.05, 0) is 19.1 Å². The fraction of sp³-hybridized carbons (Fsp3) is 0.462. The average molecular weight is 314 g/mol. The number of aromatic hydroxyl groups is 1. The maximum Gasteiger partial charge on any atom is 0.257 e. The second kappa shape index (κ2) is 5.71. The van der Waals surface area contributed by atoms with Gasteiger partial charge in [0.05, 0.1) is 18.3 Å². The number of benzene rings is 1. The molecule has 1 unspecified atom stereocenters. The maximum atomic E-state index is 12.3. The largest absolute Gasteiger partial charge is 0.507 e. The van der Waals surface area contributed by atoms with Crippen LogP contribution < -0.4 is 0 Å². The molecule has 5 heteroatoms. The lowest BCUT2D eigenvalue weighted by Gasteiger charge is -2.32. The Labute approximate surface area is 115 Å². The first-order chi connectivity index (χ1) is 8.61. The predicted molar refractivity (Wildman–Crippen MR) is 72.3 cm³/mol. The smallest absolute Gasteiger partial charge is 0.257 e. The van der Waals surface area contributed by atoms with Gasteiger partial charge in [-0.2, -0.15) is 0 Å². The SMILES string of the molecule is Cc1ccc(O)c(C(=O)N2CCOC(CBr)C2)c1. The molecule has 1 aliphatic heterocycles. The summed E-state index contributed by atoms with van der Waals surface area (Å²) in [7, 11) is 0. The van der Waals surface area contributed by atoms with Gasteiger partial charge in [-0.15, -0.1) is 0 Å². The van der Waals surface area contributed by atoms with E-state index in [1.807, 2.05) is 6.92 Å². The Bertz CT molecular complexity index is 450. The first-order valence-corrected chi connectivity index (χ1v) is 7.00. The molecule has 1 fully saturated rings. The van der Waals surface area contributed by atoms with Gasteiger partial charge in [0.1, 0.15) is 5.75 Å². The highest BCUT2D eigenvalue weighted by Crippen LogP contribution is 2.21. The zero-order valence-electron chi connectivity index (χ0n) is 10.2. The van der Waals surface area contributed by atoms with Crippen LogP contribution in [0.1, 0.15) is 15.9 Å². The average Bonchev–Trinajstić information content (AvgIpc) is 2.41. The summed E-state index contributed by atoms with van der Waals surface area (Å²) in [6.45, 7) is 3.55.